The van der Waals surface area contributed by atoms with Gasteiger partial charge in [0.2, 0.25) is 11.8 Å². The van der Waals surface area contributed by atoms with E-state index >= 15 is 0 Å². The van der Waals surface area contributed by atoms with E-state index in [1.807, 2.05) is 0 Å². The standard InChI is InChI=1S/C29H26ClFN6O4/c1-17(38)28-22-12-20(34-29(41)19-5-3-11-32-13-19)7-10-24(22)37(35-28)16-26(40)36(21-8-9-21)15-25(39)33-14-18-4-2-6-23(30)27(18)31/h2-7,10-13,21H,8-9,14-16H2,1H3,(H,33,39)(H,34,41). The van der Waals surface area contributed by atoms with Gasteiger partial charge in [-0.05, 0) is 49.2 Å². The largest absolute Gasteiger partial charge is 0.350 e. The minimum absolute atomic E-state index is 0.0362. The van der Waals surface area contributed by atoms with Crippen molar-refractivity contribution in [3.8, 4) is 0 Å². The molecule has 0 spiro atoms. The van der Waals surface area contributed by atoms with Crippen LogP contribution in [-0.4, -0.2) is 55.8 Å². The average molecular weight is 577 g/mol. The van der Waals surface area contributed by atoms with Gasteiger partial charge in [-0.3, -0.25) is 28.8 Å². The van der Waals surface area contributed by atoms with Crippen molar-refractivity contribution in [2.45, 2.75) is 38.9 Å². The number of hydrogen-bond acceptors (Lipinski definition) is 6. The molecule has 1 fully saturated rings. The number of anilines is 1. The van der Waals surface area contributed by atoms with E-state index < -0.39 is 11.7 Å². The van der Waals surface area contributed by atoms with Gasteiger partial charge in [-0.25, -0.2) is 4.39 Å². The number of Topliss-reactive ketones (excluding diaryl/α,β-unsaturated/α-hetero) is 1. The van der Waals surface area contributed by atoms with E-state index in [0.717, 1.165) is 12.8 Å². The van der Waals surface area contributed by atoms with Gasteiger partial charge in [0.15, 0.2) is 5.78 Å². The molecular formula is C29H26ClFN6O4. The Kier molecular flexibility index (Phi) is 8.06. The lowest BCUT2D eigenvalue weighted by Gasteiger charge is -2.22. The van der Waals surface area contributed by atoms with Crippen LogP contribution in [-0.2, 0) is 22.7 Å². The first-order chi connectivity index (χ1) is 19.7. The zero-order valence-corrected chi connectivity index (χ0v) is 22.8. The van der Waals surface area contributed by atoms with E-state index in [4.69, 9.17) is 11.6 Å². The molecule has 0 saturated heterocycles. The molecule has 4 aromatic rings. The molecule has 0 radical (unpaired) electrons. The van der Waals surface area contributed by atoms with Gasteiger partial charge in [-0.2, -0.15) is 5.10 Å². The van der Waals surface area contributed by atoms with Crippen LogP contribution in [0.2, 0.25) is 5.02 Å². The van der Waals surface area contributed by atoms with E-state index in [2.05, 4.69) is 20.7 Å². The molecule has 12 heteroatoms. The molecule has 0 unspecified atom stereocenters. The number of nitrogens with one attached hydrogen (secondary N) is 2. The number of ketones is 1. The van der Waals surface area contributed by atoms with Crippen LogP contribution < -0.4 is 10.6 Å². The SMILES string of the molecule is CC(=O)c1nn(CC(=O)N(CC(=O)NCc2cccc(Cl)c2F)C2CC2)c2ccc(NC(=O)c3cccnc3)cc12. The van der Waals surface area contributed by atoms with Crippen LogP contribution in [0.25, 0.3) is 10.9 Å². The maximum Gasteiger partial charge on any atom is 0.257 e. The minimum Gasteiger partial charge on any atom is -0.350 e. The molecule has 2 heterocycles. The zero-order chi connectivity index (χ0) is 29.1. The number of aromatic nitrogens is 3. The van der Waals surface area contributed by atoms with Crippen molar-refractivity contribution in [3.63, 3.8) is 0 Å². The van der Waals surface area contributed by atoms with Crippen LogP contribution in [0.4, 0.5) is 10.1 Å². The van der Waals surface area contributed by atoms with E-state index in [9.17, 15) is 23.6 Å². The zero-order valence-electron chi connectivity index (χ0n) is 22.1. The third-order valence-electron chi connectivity index (χ3n) is 6.68. The summed E-state index contributed by atoms with van der Waals surface area (Å²) in [6.45, 7) is 0.911. The number of halogens is 2. The highest BCUT2D eigenvalue weighted by atomic mass is 35.5. The van der Waals surface area contributed by atoms with Crippen molar-refractivity contribution in [1.82, 2.24) is 25.0 Å². The number of nitrogens with zero attached hydrogens (tertiary/aromatic N) is 4. The summed E-state index contributed by atoms with van der Waals surface area (Å²) in [7, 11) is 0. The Bertz CT molecular complexity index is 1650. The average Bonchev–Trinajstić information content (AvgIpc) is 3.74. The van der Waals surface area contributed by atoms with Gasteiger partial charge in [0, 0.05) is 48.5 Å². The molecule has 1 aliphatic carbocycles. The van der Waals surface area contributed by atoms with Crippen molar-refractivity contribution in [3.05, 3.63) is 88.6 Å². The van der Waals surface area contributed by atoms with E-state index in [1.54, 1.807) is 42.6 Å². The molecule has 2 N–H and O–H groups in total. The fourth-order valence-electron chi connectivity index (χ4n) is 4.45. The third kappa shape index (κ3) is 6.41. The van der Waals surface area contributed by atoms with Gasteiger partial charge in [-0.15, -0.1) is 0 Å². The molecule has 10 nitrogen and oxygen atoms in total. The molecular weight excluding hydrogens is 551 g/mol. The first-order valence-electron chi connectivity index (χ1n) is 12.9. The summed E-state index contributed by atoms with van der Waals surface area (Å²) in [5.74, 6) is -2.04. The van der Waals surface area contributed by atoms with Crippen molar-refractivity contribution in [2.24, 2.45) is 0 Å². The number of benzene rings is 2. The fraction of sp³-hybridized carbons (Fsp3) is 0.241. The summed E-state index contributed by atoms with van der Waals surface area (Å²) in [6.07, 6.45) is 4.54. The number of fused-ring (bicyclic) bond motifs is 1. The highest BCUT2D eigenvalue weighted by Gasteiger charge is 2.34. The Hall–Kier alpha value is -4.64. The fourth-order valence-corrected chi connectivity index (χ4v) is 4.65. The molecule has 2 aromatic heterocycles. The molecule has 41 heavy (non-hydrogen) atoms. The lowest BCUT2D eigenvalue weighted by atomic mass is 10.1. The van der Waals surface area contributed by atoms with Gasteiger partial charge in [0.25, 0.3) is 5.91 Å². The lowest BCUT2D eigenvalue weighted by Crippen LogP contribution is -2.43. The third-order valence-corrected chi connectivity index (χ3v) is 6.97. The smallest absolute Gasteiger partial charge is 0.257 e. The molecule has 5 rings (SSSR count). The topological polar surface area (TPSA) is 126 Å². The number of carbonyl (C=O) groups excluding carboxylic acids is 4. The number of carbonyl (C=O) groups is 4. The minimum atomic E-state index is -0.601. The highest BCUT2D eigenvalue weighted by molar-refractivity contribution is 6.30. The van der Waals surface area contributed by atoms with Crippen LogP contribution >= 0.6 is 11.6 Å². The van der Waals surface area contributed by atoms with Gasteiger partial charge < -0.3 is 15.5 Å². The normalized spacial score (nSPS) is 12.7. The molecule has 1 saturated carbocycles. The quantitative estimate of drug-likeness (QED) is 0.275. The van der Waals surface area contributed by atoms with Crippen LogP contribution in [0.5, 0.6) is 0 Å². The summed E-state index contributed by atoms with van der Waals surface area (Å²) < 4.78 is 15.6. The second-order valence-corrected chi connectivity index (χ2v) is 10.1. The second kappa shape index (κ2) is 11.8. The number of rotatable bonds is 10. The Labute approximate surface area is 239 Å². The molecule has 0 bridgehead atoms. The van der Waals surface area contributed by atoms with Gasteiger partial charge >= 0.3 is 0 Å². The Morgan fingerprint density at radius 1 is 1.12 bits per heavy atom. The van der Waals surface area contributed by atoms with Crippen molar-refractivity contribution in [1.29, 1.82) is 0 Å². The predicted octanol–water partition coefficient (Wildman–Crippen LogP) is 3.99. The van der Waals surface area contributed by atoms with Gasteiger partial charge in [-0.1, -0.05) is 23.7 Å². The van der Waals surface area contributed by atoms with E-state index in [1.165, 1.54) is 34.8 Å². The summed E-state index contributed by atoms with van der Waals surface area (Å²) in [5.41, 5.74) is 1.75. The first-order valence-corrected chi connectivity index (χ1v) is 13.3. The van der Waals surface area contributed by atoms with Gasteiger partial charge in [0.05, 0.1) is 22.6 Å². The number of pyridine rings is 1. The monoisotopic (exact) mass is 576 g/mol. The first kappa shape index (κ1) is 27.9. The van der Waals surface area contributed by atoms with Crippen molar-refractivity contribution >= 4 is 51.7 Å². The van der Waals surface area contributed by atoms with Crippen LogP contribution in [0.1, 0.15) is 46.2 Å². The predicted molar refractivity (Wildman–Crippen MR) is 150 cm³/mol. The Morgan fingerprint density at radius 3 is 2.63 bits per heavy atom. The number of amides is 3. The Morgan fingerprint density at radius 2 is 1.93 bits per heavy atom. The van der Waals surface area contributed by atoms with E-state index in [-0.39, 0.29) is 59.6 Å². The van der Waals surface area contributed by atoms with Crippen LogP contribution in [0, 0.1) is 5.82 Å². The summed E-state index contributed by atoms with van der Waals surface area (Å²) in [5, 5.41) is 10.3. The molecule has 2 aromatic carbocycles. The molecule has 3 amide bonds. The Balaban J connectivity index is 1.30. The summed E-state index contributed by atoms with van der Waals surface area (Å²) in [4.78, 5) is 56.4. The van der Waals surface area contributed by atoms with Gasteiger partial charge in [0.1, 0.15) is 18.1 Å². The van der Waals surface area contributed by atoms with Crippen LogP contribution in [0.3, 0.4) is 0 Å². The van der Waals surface area contributed by atoms with Crippen LogP contribution in [0.15, 0.2) is 60.9 Å². The summed E-state index contributed by atoms with van der Waals surface area (Å²) >= 11 is 5.81. The molecule has 0 atom stereocenters. The lowest BCUT2D eigenvalue weighted by molar-refractivity contribution is -0.137. The van der Waals surface area contributed by atoms with Crippen molar-refractivity contribution in [2.75, 3.05) is 11.9 Å². The molecule has 0 aliphatic heterocycles. The van der Waals surface area contributed by atoms with Crippen molar-refractivity contribution < 1.29 is 23.6 Å². The second-order valence-electron chi connectivity index (χ2n) is 9.73. The summed E-state index contributed by atoms with van der Waals surface area (Å²) in [6, 6.07) is 12.7. The highest BCUT2D eigenvalue weighted by Crippen LogP contribution is 2.28. The maximum absolute atomic E-state index is 14.2. The number of hydrogen-bond donors (Lipinski definition) is 2. The maximum atomic E-state index is 14.2. The molecule has 1 aliphatic rings. The molecule has 210 valence electrons. The van der Waals surface area contributed by atoms with E-state index in [0.29, 0.717) is 22.2 Å².